The van der Waals surface area contributed by atoms with E-state index in [1.165, 1.54) is 18.2 Å². The monoisotopic (exact) mass is 656 g/mol. The Hall–Kier alpha value is -2.29. The summed E-state index contributed by atoms with van der Waals surface area (Å²) in [7, 11) is 0. The molecule has 31 heavy (non-hydrogen) atoms. The second-order valence-corrected chi connectivity index (χ2v) is 9.10. The summed E-state index contributed by atoms with van der Waals surface area (Å²) in [5.74, 6) is 0.276. The molecule has 0 radical (unpaired) electrons. The molecule has 0 fully saturated rings. The Balaban J connectivity index is 1.77. The zero-order valence-corrected chi connectivity index (χ0v) is 21.0. The number of ether oxygens (including phenoxy) is 1. The average molecular weight is 657 g/mol. The van der Waals surface area contributed by atoms with E-state index in [2.05, 4.69) is 50.5 Å². The van der Waals surface area contributed by atoms with Gasteiger partial charge in [0.2, 0.25) is 0 Å². The first-order chi connectivity index (χ1) is 14.9. The molecule has 0 aliphatic heterocycles. The largest absolute Gasteiger partial charge is 0.508 e. The highest BCUT2D eigenvalue weighted by Crippen LogP contribution is 2.31. The Labute approximate surface area is 212 Å². The van der Waals surface area contributed by atoms with Crippen molar-refractivity contribution in [1.29, 1.82) is 5.26 Å². The lowest BCUT2D eigenvalue weighted by Gasteiger charge is -2.12. The van der Waals surface area contributed by atoms with Crippen molar-refractivity contribution in [3.05, 3.63) is 89.5 Å². The molecule has 0 spiro atoms. The lowest BCUT2D eigenvalue weighted by atomic mass is 10.1. The molecule has 0 atom stereocenters. The van der Waals surface area contributed by atoms with Crippen molar-refractivity contribution in [3.8, 4) is 17.6 Å². The zero-order valence-electron chi connectivity index (χ0n) is 15.9. The number of hydrogen-bond donors (Lipinski definition) is 2. The number of halogens is 3. The molecule has 1 amide bonds. The fraction of sp³-hybridized carbons (Fsp3) is 0.0435. The number of hydrogen-bond acceptors (Lipinski definition) is 4. The first-order valence-corrected chi connectivity index (χ1v) is 11.5. The highest BCUT2D eigenvalue weighted by Gasteiger charge is 2.13. The first kappa shape index (κ1) is 23.4. The summed E-state index contributed by atoms with van der Waals surface area (Å²) in [6.45, 7) is 0.333. The topological polar surface area (TPSA) is 82.3 Å². The van der Waals surface area contributed by atoms with Crippen LogP contribution in [-0.2, 0) is 11.4 Å². The number of phenolic OH excluding ortho intramolecular Hbond substituents is 1. The van der Waals surface area contributed by atoms with Crippen molar-refractivity contribution in [3.63, 3.8) is 0 Å². The third kappa shape index (κ3) is 6.35. The van der Waals surface area contributed by atoms with E-state index in [1.807, 2.05) is 42.5 Å². The van der Waals surface area contributed by atoms with Gasteiger partial charge in [-0.2, -0.15) is 5.26 Å². The van der Waals surface area contributed by atoms with Crippen LogP contribution in [0.3, 0.4) is 0 Å². The summed E-state index contributed by atoms with van der Waals surface area (Å²) in [6, 6.07) is 19.1. The molecule has 8 heteroatoms. The number of carbonyl (C=O) groups is 1. The first-order valence-electron chi connectivity index (χ1n) is 8.95. The molecule has 0 heterocycles. The van der Waals surface area contributed by atoms with Crippen LogP contribution in [0.5, 0.6) is 11.5 Å². The Morgan fingerprint density at radius 1 is 1.13 bits per heavy atom. The molecular formula is C23H15ClI2N2O3. The fourth-order valence-electron chi connectivity index (χ4n) is 2.62. The summed E-state index contributed by atoms with van der Waals surface area (Å²) in [6.07, 6.45) is 1.53. The minimum Gasteiger partial charge on any atom is -0.508 e. The van der Waals surface area contributed by atoms with Crippen molar-refractivity contribution in [1.82, 2.24) is 0 Å². The number of anilines is 1. The Kier molecular flexibility index (Phi) is 8.17. The predicted octanol–water partition coefficient (Wildman–Crippen LogP) is 6.38. The maximum Gasteiger partial charge on any atom is 0.266 e. The van der Waals surface area contributed by atoms with E-state index in [4.69, 9.17) is 16.3 Å². The van der Waals surface area contributed by atoms with E-state index in [1.54, 1.807) is 12.1 Å². The highest BCUT2D eigenvalue weighted by molar-refractivity contribution is 14.1. The molecule has 0 saturated carbocycles. The second kappa shape index (κ2) is 10.8. The van der Waals surface area contributed by atoms with Gasteiger partial charge in [0.25, 0.3) is 5.91 Å². The van der Waals surface area contributed by atoms with E-state index in [9.17, 15) is 15.2 Å². The van der Waals surface area contributed by atoms with Gasteiger partial charge < -0.3 is 15.2 Å². The van der Waals surface area contributed by atoms with Gasteiger partial charge in [0.1, 0.15) is 29.7 Å². The van der Waals surface area contributed by atoms with Crippen LogP contribution in [0, 0.1) is 18.5 Å². The SMILES string of the molecule is N#C/C(=C\c1cc(I)c(OCc2ccccc2Cl)c(I)c1)C(=O)Nc1ccc(O)cc1. The van der Waals surface area contributed by atoms with Crippen LogP contribution in [0.15, 0.2) is 66.2 Å². The normalized spacial score (nSPS) is 11.0. The molecule has 0 bridgehead atoms. The Bertz CT molecular complexity index is 1170. The lowest BCUT2D eigenvalue weighted by Crippen LogP contribution is -2.13. The molecule has 3 rings (SSSR count). The molecule has 2 N–H and O–H groups in total. The average Bonchev–Trinajstić information content (AvgIpc) is 2.74. The summed E-state index contributed by atoms with van der Waals surface area (Å²) in [5, 5.41) is 22.1. The smallest absolute Gasteiger partial charge is 0.266 e. The van der Waals surface area contributed by atoms with Gasteiger partial charge in [-0.3, -0.25) is 4.79 Å². The molecule has 0 aromatic heterocycles. The van der Waals surface area contributed by atoms with E-state index < -0.39 is 5.91 Å². The number of nitrogens with zero attached hydrogens (tertiary/aromatic N) is 1. The Morgan fingerprint density at radius 2 is 1.77 bits per heavy atom. The third-order valence-corrected chi connectivity index (χ3v) is 6.12. The molecule has 156 valence electrons. The van der Waals surface area contributed by atoms with Crippen molar-refractivity contribution < 1.29 is 14.6 Å². The minimum atomic E-state index is -0.530. The minimum absolute atomic E-state index is 0.0376. The predicted molar refractivity (Wildman–Crippen MR) is 138 cm³/mol. The molecule has 5 nitrogen and oxygen atoms in total. The molecule has 3 aromatic carbocycles. The maximum absolute atomic E-state index is 12.5. The second-order valence-electron chi connectivity index (χ2n) is 6.36. The number of phenols is 1. The van der Waals surface area contributed by atoms with Crippen LogP contribution in [-0.4, -0.2) is 11.0 Å². The van der Waals surface area contributed by atoms with Crippen LogP contribution < -0.4 is 10.1 Å². The highest BCUT2D eigenvalue weighted by atomic mass is 127. The molecule has 0 unspecified atom stereocenters. The van der Waals surface area contributed by atoms with Gasteiger partial charge in [0.05, 0.1) is 7.14 Å². The third-order valence-electron chi connectivity index (χ3n) is 4.15. The fourth-order valence-corrected chi connectivity index (χ4v) is 4.94. The van der Waals surface area contributed by atoms with Crippen LogP contribution in [0.2, 0.25) is 5.02 Å². The number of amides is 1. The summed E-state index contributed by atoms with van der Waals surface area (Å²) in [5.41, 5.74) is 2.04. The van der Waals surface area contributed by atoms with E-state index in [-0.39, 0.29) is 11.3 Å². The number of aromatic hydroxyl groups is 1. The van der Waals surface area contributed by atoms with Crippen LogP contribution >= 0.6 is 56.8 Å². The molecule has 0 aliphatic carbocycles. The van der Waals surface area contributed by atoms with Crippen molar-refractivity contribution >= 4 is 74.5 Å². The zero-order chi connectivity index (χ0) is 22.4. The standard InChI is InChI=1S/C23H15ClI2N2O3/c24-19-4-2-1-3-15(19)13-31-22-20(25)10-14(11-21(22)26)9-16(12-27)23(30)28-17-5-7-18(29)8-6-17/h1-11,29H,13H2,(H,28,30)/b16-9+. The van der Waals surface area contributed by atoms with Gasteiger partial charge in [-0.25, -0.2) is 0 Å². The van der Waals surface area contributed by atoms with Crippen LogP contribution in [0.1, 0.15) is 11.1 Å². The maximum atomic E-state index is 12.5. The van der Waals surface area contributed by atoms with Crippen molar-refractivity contribution in [2.75, 3.05) is 5.32 Å². The van der Waals surface area contributed by atoms with E-state index >= 15 is 0 Å². The number of nitrogens with one attached hydrogen (secondary N) is 1. The van der Waals surface area contributed by atoms with Gasteiger partial charge in [-0.05, 0) is 99.3 Å². The number of nitriles is 1. The molecule has 0 saturated heterocycles. The lowest BCUT2D eigenvalue weighted by molar-refractivity contribution is -0.112. The van der Waals surface area contributed by atoms with Crippen LogP contribution in [0.25, 0.3) is 6.08 Å². The van der Waals surface area contributed by atoms with Gasteiger partial charge >= 0.3 is 0 Å². The van der Waals surface area contributed by atoms with Gasteiger partial charge in [0, 0.05) is 16.3 Å². The van der Waals surface area contributed by atoms with E-state index in [0.29, 0.717) is 28.6 Å². The molecular weight excluding hydrogens is 642 g/mol. The van der Waals surface area contributed by atoms with Gasteiger partial charge in [-0.1, -0.05) is 29.8 Å². The summed E-state index contributed by atoms with van der Waals surface area (Å²) >= 11 is 10.5. The Morgan fingerprint density at radius 3 is 2.39 bits per heavy atom. The van der Waals surface area contributed by atoms with Crippen LogP contribution in [0.4, 0.5) is 5.69 Å². The number of benzene rings is 3. The number of carbonyl (C=O) groups excluding carboxylic acids is 1. The van der Waals surface area contributed by atoms with Crippen molar-refractivity contribution in [2.45, 2.75) is 6.61 Å². The van der Waals surface area contributed by atoms with Crippen molar-refractivity contribution in [2.24, 2.45) is 0 Å². The number of rotatable bonds is 6. The summed E-state index contributed by atoms with van der Waals surface area (Å²) in [4.78, 5) is 12.5. The summed E-state index contributed by atoms with van der Waals surface area (Å²) < 4.78 is 7.66. The van der Waals surface area contributed by atoms with E-state index in [0.717, 1.165) is 12.7 Å². The molecule has 0 aliphatic rings. The van der Waals surface area contributed by atoms with Gasteiger partial charge in [0.15, 0.2) is 0 Å². The molecule has 3 aromatic rings. The quantitative estimate of drug-likeness (QED) is 0.140. The van der Waals surface area contributed by atoms with Gasteiger partial charge in [-0.15, -0.1) is 0 Å².